The van der Waals surface area contributed by atoms with Gasteiger partial charge in [0.05, 0.1) is 0 Å². The van der Waals surface area contributed by atoms with Crippen LogP contribution in [-0.4, -0.2) is 34.6 Å². The van der Waals surface area contributed by atoms with E-state index in [1.807, 2.05) is 0 Å². The molecule has 3 aliphatic rings. The Morgan fingerprint density at radius 1 is 1.00 bits per heavy atom. The number of hydrogen-bond acceptors (Lipinski definition) is 2. The van der Waals surface area contributed by atoms with Gasteiger partial charge in [-0.2, -0.15) is 0 Å². The van der Waals surface area contributed by atoms with Crippen molar-refractivity contribution in [2.24, 2.45) is 5.41 Å². The van der Waals surface area contributed by atoms with E-state index in [0.29, 0.717) is 5.41 Å². The van der Waals surface area contributed by atoms with Gasteiger partial charge in [-0.25, -0.2) is 0 Å². The summed E-state index contributed by atoms with van der Waals surface area (Å²) in [5.41, 5.74) is 0.0893. The zero-order valence-corrected chi connectivity index (χ0v) is 9.17. The number of nitrogens with zero attached hydrogens (tertiary/aromatic N) is 1. The highest BCUT2D eigenvalue weighted by Crippen LogP contribution is 2.56. The van der Waals surface area contributed by atoms with Gasteiger partial charge >= 0.3 is 5.97 Å². The monoisotopic (exact) mass is 209 g/mol. The molecule has 0 atom stereocenters. The molecule has 1 heterocycles. The van der Waals surface area contributed by atoms with Gasteiger partial charge in [-0.15, -0.1) is 0 Å². The highest BCUT2D eigenvalue weighted by molar-refractivity contribution is 5.79. The minimum Gasteiger partial charge on any atom is -0.480 e. The van der Waals surface area contributed by atoms with Gasteiger partial charge in [-0.3, -0.25) is 9.69 Å². The fourth-order valence-corrected chi connectivity index (χ4v) is 3.36. The minimum atomic E-state index is -0.572. The van der Waals surface area contributed by atoms with Crippen molar-refractivity contribution in [1.82, 2.24) is 4.90 Å². The second kappa shape index (κ2) is 2.97. The third-order valence-electron chi connectivity index (χ3n) is 4.69. The molecule has 2 saturated carbocycles. The van der Waals surface area contributed by atoms with E-state index in [1.54, 1.807) is 0 Å². The maximum atomic E-state index is 11.5. The summed E-state index contributed by atoms with van der Waals surface area (Å²) in [6.07, 6.45) is 7.81. The first-order valence-corrected chi connectivity index (χ1v) is 6.16. The van der Waals surface area contributed by atoms with Crippen LogP contribution in [0.15, 0.2) is 0 Å². The number of carboxylic acid groups (broad SMARTS) is 1. The quantitative estimate of drug-likeness (QED) is 0.754. The normalized spacial score (nSPS) is 32.3. The highest BCUT2D eigenvalue weighted by Gasteiger charge is 2.59. The van der Waals surface area contributed by atoms with Crippen molar-refractivity contribution in [2.75, 3.05) is 13.1 Å². The van der Waals surface area contributed by atoms with Crippen LogP contribution >= 0.6 is 0 Å². The van der Waals surface area contributed by atoms with Gasteiger partial charge in [0.2, 0.25) is 0 Å². The van der Waals surface area contributed by atoms with Crippen LogP contribution in [0.25, 0.3) is 0 Å². The molecule has 0 bridgehead atoms. The Kier molecular flexibility index (Phi) is 1.91. The van der Waals surface area contributed by atoms with Crippen molar-refractivity contribution >= 4 is 5.97 Å². The lowest BCUT2D eigenvalue weighted by molar-refractivity contribution is -0.162. The van der Waals surface area contributed by atoms with Crippen molar-refractivity contribution in [2.45, 2.75) is 50.5 Å². The molecular weight excluding hydrogens is 190 g/mol. The molecule has 1 saturated heterocycles. The first kappa shape index (κ1) is 9.64. The molecule has 0 amide bonds. The Hall–Kier alpha value is -0.570. The van der Waals surface area contributed by atoms with E-state index in [-0.39, 0.29) is 0 Å². The number of hydrogen-bond donors (Lipinski definition) is 1. The van der Waals surface area contributed by atoms with E-state index in [4.69, 9.17) is 0 Å². The van der Waals surface area contributed by atoms with Gasteiger partial charge < -0.3 is 5.11 Å². The molecule has 3 heteroatoms. The largest absolute Gasteiger partial charge is 0.480 e. The average molecular weight is 209 g/mol. The summed E-state index contributed by atoms with van der Waals surface area (Å²) < 4.78 is 0. The molecule has 0 aromatic rings. The molecular formula is C12H19NO2. The Balaban J connectivity index is 1.75. The molecule has 3 fully saturated rings. The van der Waals surface area contributed by atoms with Crippen LogP contribution in [0.2, 0.25) is 0 Å². The van der Waals surface area contributed by atoms with Gasteiger partial charge in [0.25, 0.3) is 0 Å². The smallest absolute Gasteiger partial charge is 0.324 e. The Labute approximate surface area is 90.5 Å². The summed E-state index contributed by atoms with van der Waals surface area (Å²) in [5, 5.41) is 9.47. The van der Waals surface area contributed by atoms with Crippen LogP contribution in [0, 0.1) is 5.41 Å². The highest BCUT2D eigenvalue weighted by atomic mass is 16.4. The van der Waals surface area contributed by atoms with Gasteiger partial charge in [0.1, 0.15) is 5.54 Å². The summed E-state index contributed by atoms with van der Waals surface area (Å²) in [5.74, 6) is -0.572. The second-order valence-corrected chi connectivity index (χ2v) is 5.75. The first-order chi connectivity index (χ1) is 7.17. The van der Waals surface area contributed by atoms with Crippen LogP contribution in [0.5, 0.6) is 0 Å². The minimum absolute atomic E-state index is 0.480. The molecule has 84 valence electrons. The maximum Gasteiger partial charge on any atom is 0.324 e. The van der Waals surface area contributed by atoms with Crippen LogP contribution in [0.4, 0.5) is 0 Å². The lowest BCUT2D eigenvalue weighted by Gasteiger charge is -2.52. The van der Waals surface area contributed by atoms with Crippen molar-refractivity contribution in [1.29, 1.82) is 0 Å². The lowest BCUT2D eigenvalue weighted by Crippen LogP contribution is -2.65. The van der Waals surface area contributed by atoms with E-state index in [2.05, 4.69) is 4.90 Å². The van der Waals surface area contributed by atoms with Gasteiger partial charge in [0, 0.05) is 13.1 Å². The van der Waals surface area contributed by atoms with Crippen LogP contribution in [0.3, 0.4) is 0 Å². The molecule has 0 unspecified atom stereocenters. The second-order valence-electron chi connectivity index (χ2n) is 5.75. The summed E-state index contributed by atoms with van der Waals surface area (Å²) in [6, 6.07) is 0. The molecule has 3 rings (SSSR count). The van der Waals surface area contributed by atoms with Crippen molar-refractivity contribution in [3.8, 4) is 0 Å². The van der Waals surface area contributed by atoms with Crippen LogP contribution in [-0.2, 0) is 4.79 Å². The molecule has 1 N–H and O–H groups in total. The van der Waals surface area contributed by atoms with Crippen molar-refractivity contribution < 1.29 is 9.90 Å². The van der Waals surface area contributed by atoms with E-state index in [9.17, 15) is 9.90 Å². The summed E-state index contributed by atoms with van der Waals surface area (Å²) in [6.45, 7) is 2.11. The summed E-state index contributed by atoms with van der Waals surface area (Å²) >= 11 is 0. The van der Waals surface area contributed by atoms with E-state index in [1.165, 1.54) is 19.3 Å². The Morgan fingerprint density at radius 3 is 2.07 bits per heavy atom. The number of rotatable bonds is 2. The molecule has 0 radical (unpaired) electrons. The zero-order valence-electron chi connectivity index (χ0n) is 9.17. The molecule has 2 aliphatic carbocycles. The third-order valence-corrected chi connectivity index (χ3v) is 4.69. The van der Waals surface area contributed by atoms with E-state index >= 15 is 0 Å². The molecule has 0 aromatic heterocycles. The summed E-state index contributed by atoms with van der Waals surface area (Å²) in [7, 11) is 0. The fourth-order valence-electron chi connectivity index (χ4n) is 3.36. The molecule has 3 nitrogen and oxygen atoms in total. The fraction of sp³-hybridized carbons (Fsp3) is 0.917. The number of carbonyl (C=O) groups is 1. The lowest BCUT2D eigenvalue weighted by atomic mass is 9.76. The van der Waals surface area contributed by atoms with E-state index < -0.39 is 11.5 Å². The Bertz CT molecular complexity index is 282. The molecule has 0 aromatic carbocycles. The third kappa shape index (κ3) is 1.32. The topological polar surface area (TPSA) is 40.5 Å². The maximum absolute atomic E-state index is 11.5. The SMILES string of the molecule is O=C(O)C1(N2CC3(CC3)C2)CCCCC1. The van der Waals surface area contributed by atoms with Gasteiger partial charge in [-0.05, 0) is 31.1 Å². The van der Waals surface area contributed by atoms with Gasteiger partial charge in [-0.1, -0.05) is 19.3 Å². The number of carboxylic acids is 1. The molecule has 1 spiro atoms. The van der Waals surface area contributed by atoms with Crippen molar-refractivity contribution in [3.05, 3.63) is 0 Å². The zero-order chi connectivity index (χ0) is 10.5. The van der Waals surface area contributed by atoms with Crippen LogP contribution < -0.4 is 0 Å². The van der Waals surface area contributed by atoms with Gasteiger partial charge in [0.15, 0.2) is 0 Å². The molecule has 1 aliphatic heterocycles. The molecule has 15 heavy (non-hydrogen) atoms. The predicted molar refractivity (Wildman–Crippen MR) is 56.7 cm³/mol. The summed E-state index contributed by atoms with van der Waals surface area (Å²) in [4.78, 5) is 13.8. The standard InChI is InChI=1S/C12H19NO2/c14-10(15)12(4-2-1-3-5-12)13-8-11(9-13)6-7-11/h1-9H2,(H,14,15). The predicted octanol–water partition coefficient (Wildman–Crippen LogP) is 1.87. The van der Waals surface area contributed by atoms with E-state index in [0.717, 1.165) is 38.8 Å². The number of aliphatic carboxylic acids is 1. The average Bonchev–Trinajstić information content (AvgIpc) is 2.96. The van der Waals surface area contributed by atoms with Crippen molar-refractivity contribution in [3.63, 3.8) is 0 Å². The number of likely N-dealkylation sites (tertiary alicyclic amines) is 1. The van der Waals surface area contributed by atoms with Crippen LogP contribution in [0.1, 0.15) is 44.9 Å². The first-order valence-electron chi connectivity index (χ1n) is 6.16. The Morgan fingerprint density at radius 2 is 1.60 bits per heavy atom.